The number of rotatable bonds is 2. The van der Waals surface area contributed by atoms with Gasteiger partial charge >= 0.3 is 0 Å². The summed E-state index contributed by atoms with van der Waals surface area (Å²) in [5.41, 5.74) is 3.25. The molecule has 0 aliphatic carbocycles. The molecule has 0 aliphatic heterocycles. The van der Waals surface area contributed by atoms with E-state index in [0.29, 0.717) is 4.77 Å². The van der Waals surface area contributed by atoms with Crippen molar-refractivity contribution in [2.75, 3.05) is 0 Å². The monoisotopic (exact) mass is 366 g/mol. The molecule has 0 radical (unpaired) electrons. The second kappa shape index (κ2) is 5.35. The maximum Gasteiger partial charge on any atom is 0.178 e. The quantitative estimate of drug-likeness (QED) is 0.574. The second-order valence-electron chi connectivity index (χ2n) is 4.69. The van der Waals surface area contributed by atoms with Crippen molar-refractivity contribution in [3.8, 4) is 0 Å². The highest BCUT2D eigenvalue weighted by Gasteiger charge is 2.13. The molecular weight excluding hydrogens is 356 g/mol. The molecule has 20 heavy (non-hydrogen) atoms. The first-order chi connectivity index (χ1) is 9.56. The van der Waals surface area contributed by atoms with Crippen LogP contribution in [0.1, 0.15) is 18.5 Å². The summed E-state index contributed by atoms with van der Waals surface area (Å²) in [6, 6.07) is 14.1. The number of H-pyrrole nitrogens is 1. The van der Waals surface area contributed by atoms with Gasteiger partial charge < -0.3 is 9.55 Å². The van der Waals surface area contributed by atoms with Crippen LogP contribution in [0.25, 0.3) is 11.0 Å². The molecule has 0 bridgehead atoms. The first kappa shape index (κ1) is 13.9. The molecule has 3 aromatic rings. The number of hydrogen-bond acceptors (Lipinski definition) is 1. The van der Waals surface area contributed by atoms with Crippen molar-refractivity contribution in [3.63, 3.8) is 0 Å². The molecule has 0 fully saturated rings. The van der Waals surface area contributed by atoms with E-state index in [0.717, 1.165) is 26.1 Å². The van der Waals surface area contributed by atoms with Crippen LogP contribution >= 0.6 is 39.7 Å². The lowest BCUT2D eigenvalue weighted by Crippen LogP contribution is -2.06. The Morgan fingerprint density at radius 1 is 1.25 bits per heavy atom. The maximum atomic E-state index is 6.08. The summed E-state index contributed by atoms with van der Waals surface area (Å²) < 4.78 is 3.86. The minimum Gasteiger partial charge on any atom is -0.331 e. The number of aromatic nitrogens is 2. The molecule has 1 unspecified atom stereocenters. The number of nitrogens with zero attached hydrogens (tertiary/aromatic N) is 1. The van der Waals surface area contributed by atoms with E-state index >= 15 is 0 Å². The Morgan fingerprint density at radius 2 is 2.05 bits per heavy atom. The lowest BCUT2D eigenvalue weighted by molar-refractivity contribution is 0.649. The van der Waals surface area contributed by atoms with Crippen LogP contribution < -0.4 is 0 Å². The number of hydrogen-bond donors (Lipinski definition) is 1. The van der Waals surface area contributed by atoms with E-state index in [1.807, 2.05) is 30.3 Å². The number of benzene rings is 2. The van der Waals surface area contributed by atoms with E-state index in [9.17, 15) is 0 Å². The second-order valence-corrected chi connectivity index (χ2v) is 6.43. The van der Waals surface area contributed by atoms with Crippen molar-refractivity contribution in [3.05, 3.63) is 62.3 Å². The fourth-order valence-corrected chi connectivity index (χ4v) is 3.31. The molecule has 1 N–H and O–H groups in total. The zero-order valence-corrected chi connectivity index (χ0v) is 13.9. The summed E-state index contributed by atoms with van der Waals surface area (Å²) in [6.07, 6.45) is 0. The molecule has 3 rings (SSSR count). The zero-order valence-electron chi connectivity index (χ0n) is 10.7. The Hall–Kier alpha value is -1.10. The Kier molecular flexibility index (Phi) is 3.71. The molecule has 102 valence electrons. The van der Waals surface area contributed by atoms with Crippen molar-refractivity contribution in [2.45, 2.75) is 13.0 Å². The van der Waals surface area contributed by atoms with Crippen molar-refractivity contribution in [2.24, 2.45) is 0 Å². The smallest absolute Gasteiger partial charge is 0.178 e. The minimum atomic E-state index is 0.115. The standard InChI is InChI=1S/C15H12BrClN2S/c1-9(10-3-2-4-12(17)7-10)19-14-8-11(16)5-6-13(14)18-15(19)20/h2-9H,1H3,(H,18,20). The van der Waals surface area contributed by atoms with E-state index < -0.39 is 0 Å². The Bertz CT molecular complexity index is 837. The van der Waals surface area contributed by atoms with Gasteiger partial charge in [0.15, 0.2) is 4.77 Å². The largest absolute Gasteiger partial charge is 0.331 e. The summed E-state index contributed by atoms with van der Waals surface area (Å²) >= 11 is 15.1. The first-order valence-corrected chi connectivity index (χ1v) is 7.79. The average molecular weight is 368 g/mol. The minimum absolute atomic E-state index is 0.115. The molecule has 1 aromatic heterocycles. The molecule has 1 atom stereocenters. The van der Waals surface area contributed by atoms with Gasteiger partial charge in [-0.2, -0.15) is 0 Å². The third-order valence-electron chi connectivity index (χ3n) is 3.40. The molecule has 5 heteroatoms. The Morgan fingerprint density at radius 3 is 2.80 bits per heavy atom. The van der Waals surface area contributed by atoms with Crippen LogP contribution in [0.2, 0.25) is 5.02 Å². The summed E-state index contributed by atoms with van der Waals surface area (Å²) in [5, 5.41) is 0.738. The highest BCUT2D eigenvalue weighted by atomic mass is 79.9. The van der Waals surface area contributed by atoms with Gasteiger partial charge in [0.25, 0.3) is 0 Å². The average Bonchev–Trinajstić information content (AvgIpc) is 2.73. The van der Waals surface area contributed by atoms with Crippen molar-refractivity contribution in [1.82, 2.24) is 9.55 Å². The topological polar surface area (TPSA) is 20.7 Å². The van der Waals surface area contributed by atoms with Crippen LogP contribution in [0.5, 0.6) is 0 Å². The van der Waals surface area contributed by atoms with Crippen LogP contribution in [0.15, 0.2) is 46.9 Å². The molecule has 0 saturated heterocycles. The third kappa shape index (κ3) is 2.43. The van der Waals surface area contributed by atoms with E-state index in [1.165, 1.54) is 0 Å². The predicted molar refractivity (Wildman–Crippen MR) is 90.1 cm³/mol. The van der Waals surface area contributed by atoms with Crippen molar-refractivity contribution < 1.29 is 0 Å². The molecule has 0 saturated carbocycles. The number of fused-ring (bicyclic) bond motifs is 1. The van der Waals surface area contributed by atoms with E-state index in [1.54, 1.807) is 0 Å². The Labute approximate surface area is 135 Å². The summed E-state index contributed by atoms with van der Waals surface area (Å²) in [7, 11) is 0. The maximum absolute atomic E-state index is 6.08. The summed E-state index contributed by atoms with van der Waals surface area (Å²) in [5.74, 6) is 0. The molecular formula is C15H12BrClN2S. The fraction of sp³-hybridized carbons (Fsp3) is 0.133. The third-order valence-corrected chi connectivity index (χ3v) is 4.43. The number of halogens is 2. The number of nitrogens with one attached hydrogen (secondary N) is 1. The normalized spacial score (nSPS) is 12.8. The lowest BCUT2D eigenvalue weighted by Gasteiger charge is -2.15. The van der Waals surface area contributed by atoms with Gasteiger partial charge in [0, 0.05) is 9.50 Å². The molecule has 0 spiro atoms. The zero-order chi connectivity index (χ0) is 14.3. The van der Waals surface area contributed by atoms with Gasteiger partial charge in [0.2, 0.25) is 0 Å². The van der Waals surface area contributed by atoms with E-state index in [4.69, 9.17) is 23.8 Å². The van der Waals surface area contributed by atoms with E-state index in [2.05, 4.69) is 44.5 Å². The molecule has 0 amide bonds. The van der Waals surface area contributed by atoms with Gasteiger partial charge in [-0.15, -0.1) is 0 Å². The van der Waals surface area contributed by atoms with E-state index in [-0.39, 0.29) is 6.04 Å². The molecule has 2 aromatic carbocycles. The first-order valence-electron chi connectivity index (χ1n) is 6.21. The predicted octanol–water partition coefficient (Wildman–Crippen LogP) is 5.72. The number of aromatic amines is 1. The summed E-state index contributed by atoms with van der Waals surface area (Å²) in [4.78, 5) is 3.24. The number of imidazole rings is 1. The molecule has 1 heterocycles. The van der Waals surface area contributed by atoms with Crippen molar-refractivity contribution >= 4 is 50.8 Å². The van der Waals surface area contributed by atoms with Gasteiger partial charge in [0.05, 0.1) is 17.1 Å². The van der Waals surface area contributed by atoms with Crippen molar-refractivity contribution in [1.29, 1.82) is 0 Å². The van der Waals surface area contributed by atoms with Crippen LogP contribution in [-0.4, -0.2) is 9.55 Å². The fourth-order valence-electron chi connectivity index (χ4n) is 2.39. The van der Waals surface area contributed by atoms with Gasteiger partial charge in [-0.25, -0.2) is 0 Å². The lowest BCUT2D eigenvalue weighted by atomic mass is 10.1. The van der Waals surface area contributed by atoms with Gasteiger partial charge in [-0.1, -0.05) is 39.7 Å². The molecule has 2 nitrogen and oxygen atoms in total. The van der Waals surface area contributed by atoms with Gasteiger partial charge in [0.1, 0.15) is 0 Å². The highest BCUT2D eigenvalue weighted by molar-refractivity contribution is 9.10. The SMILES string of the molecule is CC(c1cccc(Cl)c1)n1c(=S)[nH]c2ccc(Br)cc21. The van der Waals surface area contributed by atoms with Crippen LogP contribution in [-0.2, 0) is 0 Å². The Balaban J connectivity index is 2.21. The molecule has 0 aliphatic rings. The highest BCUT2D eigenvalue weighted by Crippen LogP contribution is 2.27. The van der Waals surface area contributed by atoms with Crippen LogP contribution in [0, 0.1) is 4.77 Å². The summed E-state index contributed by atoms with van der Waals surface area (Å²) in [6.45, 7) is 2.12. The van der Waals surface area contributed by atoms with Crippen LogP contribution in [0.3, 0.4) is 0 Å². The van der Waals surface area contributed by atoms with Crippen LogP contribution in [0.4, 0.5) is 0 Å². The van der Waals surface area contributed by atoms with Gasteiger partial charge in [-0.05, 0) is 55.0 Å². The van der Waals surface area contributed by atoms with Gasteiger partial charge in [-0.3, -0.25) is 0 Å².